The highest BCUT2D eigenvalue weighted by molar-refractivity contribution is 5.69. The predicted octanol–water partition coefficient (Wildman–Crippen LogP) is 6.10. The Balaban J connectivity index is 1.67. The summed E-state index contributed by atoms with van der Waals surface area (Å²) in [6.45, 7) is 0. The van der Waals surface area contributed by atoms with Gasteiger partial charge in [-0.2, -0.15) is 0 Å². The van der Waals surface area contributed by atoms with E-state index in [0.29, 0.717) is 29.1 Å². The Labute approximate surface area is 172 Å². The molecule has 10 heteroatoms. The van der Waals surface area contributed by atoms with Crippen LogP contribution >= 0.6 is 0 Å². The number of benzene rings is 2. The van der Waals surface area contributed by atoms with E-state index in [1.807, 2.05) is 0 Å². The van der Waals surface area contributed by atoms with E-state index < -0.39 is 12.7 Å². The molecule has 4 nitrogen and oxygen atoms in total. The lowest BCUT2D eigenvalue weighted by Crippen LogP contribution is -2.17. The summed E-state index contributed by atoms with van der Waals surface area (Å²) in [6.07, 6.45) is -7.28. The number of halogens is 6. The van der Waals surface area contributed by atoms with E-state index in [1.165, 1.54) is 48.5 Å². The zero-order valence-electron chi connectivity index (χ0n) is 15.7. The fourth-order valence-electron chi connectivity index (χ4n) is 3.42. The molecule has 0 fully saturated rings. The number of hydrogen-bond acceptors (Lipinski definition) is 4. The molecular formula is C21H14F6N2O2. The summed E-state index contributed by atoms with van der Waals surface area (Å²) in [6, 6.07) is 10.5. The maximum atomic E-state index is 12.4. The predicted molar refractivity (Wildman–Crippen MR) is 98.3 cm³/mol. The quantitative estimate of drug-likeness (QED) is 0.460. The van der Waals surface area contributed by atoms with Gasteiger partial charge in [0.15, 0.2) is 5.82 Å². The Morgan fingerprint density at radius 2 is 1.16 bits per heavy atom. The van der Waals surface area contributed by atoms with Crippen LogP contribution in [0.1, 0.15) is 17.7 Å². The zero-order valence-corrected chi connectivity index (χ0v) is 15.7. The average Bonchev–Trinajstić information content (AvgIpc) is 3.15. The van der Waals surface area contributed by atoms with Gasteiger partial charge in [-0.25, -0.2) is 9.97 Å². The Bertz CT molecular complexity index is 1080. The summed E-state index contributed by atoms with van der Waals surface area (Å²) >= 11 is 0. The number of ether oxygens (including phenoxy) is 2. The number of rotatable bonds is 4. The Morgan fingerprint density at radius 1 is 0.645 bits per heavy atom. The lowest BCUT2D eigenvalue weighted by molar-refractivity contribution is -0.275. The molecule has 0 saturated heterocycles. The summed E-state index contributed by atoms with van der Waals surface area (Å²) in [5.41, 5.74) is 3.37. The van der Waals surface area contributed by atoms with Gasteiger partial charge in [-0.05, 0) is 67.8 Å². The van der Waals surface area contributed by atoms with E-state index in [2.05, 4.69) is 19.4 Å². The Kier molecular flexibility index (Phi) is 5.24. The van der Waals surface area contributed by atoms with Gasteiger partial charge in [-0.1, -0.05) is 0 Å². The third kappa shape index (κ3) is 5.07. The molecule has 0 amide bonds. The van der Waals surface area contributed by atoms with Gasteiger partial charge in [0.2, 0.25) is 0 Å². The first-order chi connectivity index (χ1) is 14.6. The third-order valence-corrected chi connectivity index (χ3v) is 4.64. The molecule has 1 aromatic heterocycles. The van der Waals surface area contributed by atoms with Gasteiger partial charge in [0.25, 0.3) is 0 Å². The molecule has 4 rings (SSSR count). The molecule has 1 aliphatic rings. The number of alkyl halides is 6. The summed E-state index contributed by atoms with van der Waals surface area (Å²) in [4.78, 5) is 9.09. The van der Waals surface area contributed by atoms with Crippen molar-refractivity contribution < 1.29 is 35.8 Å². The van der Waals surface area contributed by atoms with Crippen LogP contribution in [0.2, 0.25) is 0 Å². The monoisotopic (exact) mass is 440 g/mol. The van der Waals surface area contributed by atoms with Crippen LogP contribution in [0.3, 0.4) is 0 Å². The van der Waals surface area contributed by atoms with Crippen molar-refractivity contribution in [1.82, 2.24) is 9.97 Å². The molecule has 0 bridgehead atoms. The normalized spacial score (nSPS) is 13.7. The van der Waals surface area contributed by atoms with Crippen LogP contribution in [0.15, 0.2) is 48.5 Å². The van der Waals surface area contributed by atoms with Gasteiger partial charge >= 0.3 is 12.7 Å². The van der Waals surface area contributed by atoms with Crippen molar-refractivity contribution in [2.24, 2.45) is 0 Å². The number of aryl methyl sites for hydroxylation is 1. The lowest BCUT2D eigenvalue weighted by Gasteiger charge is -2.13. The summed E-state index contributed by atoms with van der Waals surface area (Å²) < 4.78 is 82.0. The SMILES string of the molecule is FC(F)(F)Oc1ccc(-c2nc3c(c(-c4ccc(OC(F)(F)F)cc4)n2)CCC3)cc1. The zero-order chi connectivity index (χ0) is 22.2. The molecule has 31 heavy (non-hydrogen) atoms. The minimum atomic E-state index is -4.79. The van der Waals surface area contributed by atoms with Gasteiger partial charge in [0, 0.05) is 22.4 Å². The number of fused-ring (bicyclic) bond motifs is 1. The topological polar surface area (TPSA) is 44.2 Å². The third-order valence-electron chi connectivity index (χ3n) is 4.64. The van der Waals surface area contributed by atoms with E-state index in [9.17, 15) is 26.3 Å². The first-order valence-electron chi connectivity index (χ1n) is 9.19. The molecule has 3 aromatic rings. The van der Waals surface area contributed by atoms with Crippen LogP contribution in [0.4, 0.5) is 26.3 Å². The first kappa shape index (κ1) is 21.0. The van der Waals surface area contributed by atoms with Crippen LogP contribution in [-0.4, -0.2) is 22.7 Å². The molecular weight excluding hydrogens is 426 g/mol. The molecule has 0 unspecified atom stereocenters. The largest absolute Gasteiger partial charge is 0.573 e. The molecule has 0 radical (unpaired) electrons. The molecule has 0 spiro atoms. The van der Waals surface area contributed by atoms with Gasteiger partial charge in [0.05, 0.1) is 5.69 Å². The number of hydrogen-bond donors (Lipinski definition) is 0. The van der Waals surface area contributed by atoms with Crippen molar-refractivity contribution in [2.45, 2.75) is 32.0 Å². The van der Waals surface area contributed by atoms with Crippen LogP contribution in [0.5, 0.6) is 11.5 Å². The fourth-order valence-corrected chi connectivity index (χ4v) is 3.42. The maximum absolute atomic E-state index is 12.4. The van der Waals surface area contributed by atoms with Crippen LogP contribution in [0, 0.1) is 0 Å². The second-order valence-corrected chi connectivity index (χ2v) is 6.82. The van der Waals surface area contributed by atoms with E-state index >= 15 is 0 Å². The van der Waals surface area contributed by atoms with Crippen LogP contribution in [-0.2, 0) is 12.8 Å². The fraction of sp³-hybridized carbons (Fsp3) is 0.238. The van der Waals surface area contributed by atoms with Crippen molar-refractivity contribution >= 4 is 0 Å². The Morgan fingerprint density at radius 3 is 1.68 bits per heavy atom. The van der Waals surface area contributed by atoms with Crippen LogP contribution in [0.25, 0.3) is 22.6 Å². The van der Waals surface area contributed by atoms with Crippen LogP contribution < -0.4 is 9.47 Å². The van der Waals surface area contributed by atoms with E-state index in [0.717, 1.165) is 24.1 Å². The van der Waals surface area contributed by atoms with E-state index in [1.54, 1.807) is 0 Å². The highest BCUT2D eigenvalue weighted by atomic mass is 19.4. The Hall–Kier alpha value is -3.30. The summed E-state index contributed by atoms with van der Waals surface area (Å²) in [5.74, 6) is -0.398. The van der Waals surface area contributed by atoms with E-state index in [4.69, 9.17) is 0 Å². The van der Waals surface area contributed by atoms with Crippen molar-refractivity contribution in [3.8, 4) is 34.1 Å². The molecule has 2 aromatic carbocycles. The molecule has 162 valence electrons. The molecule has 1 aliphatic carbocycles. The summed E-state index contributed by atoms with van der Waals surface area (Å²) in [7, 11) is 0. The van der Waals surface area contributed by atoms with Gasteiger partial charge < -0.3 is 9.47 Å². The van der Waals surface area contributed by atoms with Gasteiger partial charge in [0.1, 0.15) is 11.5 Å². The minimum absolute atomic E-state index is 0.310. The smallest absolute Gasteiger partial charge is 0.406 e. The van der Waals surface area contributed by atoms with Crippen molar-refractivity contribution in [1.29, 1.82) is 0 Å². The maximum Gasteiger partial charge on any atom is 0.573 e. The second kappa shape index (κ2) is 7.75. The van der Waals surface area contributed by atoms with Gasteiger partial charge in [-0.15, -0.1) is 26.3 Å². The first-order valence-corrected chi connectivity index (χ1v) is 9.19. The second-order valence-electron chi connectivity index (χ2n) is 6.82. The van der Waals surface area contributed by atoms with E-state index in [-0.39, 0.29) is 11.5 Å². The molecule has 0 N–H and O–H groups in total. The summed E-state index contributed by atoms with van der Waals surface area (Å²) in [5, 5.41) is 0. The minimum Gasteiger partial charge on any atom is -0.406 e. The average molecular weight is 440 g/mol. The molecule has 0 atom stereocenters. The highest BCUT2D eigenvalue weighted by Gasteiger charge is 2.32. The van der Waals surface area contributed by atoms with Crippen molar-refractivity contribution in [2.75, 3.05) is 0 Å². The number of nitrogens with zero attached hydrogens (tertiary/aromatic N) is 2. The lowest BCUT2D eigenvalue weighted by atomic mass is 10.0. The van der Waals surface area contributed by atoms with Gasteiger partial charge in [-0.3, -0.25) is 0 Å². The molecule has 1 heterocycles. The van der Waals surface area contributed by atoms with Crippen molar-refractivity contribution in [3.05, 3.63) is 59.8 Å². The standard InChI is InChI=1S/C21H14F6N2O2/c22-20(23,24)30-14-8-4-12(5-9-14)18-16-2-1-3-17(16)28-19(29-18)13-6-10-15(11-7-13)31-21(25,26)27/h4-11H,1-3H2. The number of aromatic nitrogens is 2. The molecule has 0 aliphatic heterocycles. The molecule has 0 saturated carbocycles. The highest BCUT2D eigenvalue weighted by Crippen LogP contribution is 2.34. The van der Waals surface area contributed by atoms with Crippen molar-refractivity contribution in [3.63, 3.8) is 0 Å².